The molecule has 1 aromatic carbocycles. The quantitative estimate of drug-likeness (QED) is 0.628. The van der Waals surface area contributed by atoms with Gasteiger partial charge in [-0.1, -0.05) is 11.8 Å². The first-order valence-electron chi connectivity index (χ1n) is 5.43. The van der Waals surface area contributed by atoms with Gasteiger partial charge in [-0.2, -0.15) is 0 Å². The van der Waals surface area contributed by atoms with Gasteiger partial charge in [0.1, 0.15) is 16.7 Å². The zero-order valence-electron chi connectivity index (χ0n) is 9.65. The number of aliphatic hydroxyl groups is 1. The summed E-state index contributed by atoms with van der Waals surface area (Å²) >= 11 is 3.10. The highest BCUT2D eigenvalue weighted by Gasteiger charge is 2.07. The molecule has 0 amide bonds. The third-order valence-electron chi connectivity index (χ3n) is 2.13. The van der Waals surface area contributed by atoms with Crippen molar-refractivity contribution in [2.24, 2.45) is 0 Å². The first-order valence-corrected chi connectivity index (χ1v) is 7.29. The number of aliphatic hydroxyl groups excluding tert-OH is 1. The van der Waals surface area contributed by atoms with E-state index in [0.29, 0.717) is 17.2 Å². The van der Waals surface area contributed by atoms with Crippen molar-refractivity contribution in [3.05, 3.63) is 35.8 Å². The molecule has 0 radical (unpaired) electrons. The molecular formula is C12H14N2O2S2. The van der Waals surface area contributed by atoms with Crippen LogP contribution in [0.4, 0.5) is 5.69 Å². The Morgan fingerprint density at radius 1 is 1.39 bits per heavy atom. The van der Waals surface area contributed by atoms with Crippen molar-refractivity contribution in [2.75, 3.05) is 18.1 Å². The minimum atomic E-state index is -0.517. The standard InChI is InChI=1S/C12H14N2O2S2/c13-9-1-3-11(4-2-9)16-7-10(15)8-18-12-14-5-6-17-12/h1-6,10,15H,7-8,13H2. The fraction of sp³-hybridized carbons (Fsp3) is 0.250. The molecule has 0 fully saturated rings. The van der Waals surface area contributed by atoms with Crippen molar-refractivity contribution in [3.8, 4) is 5.75 Å². The van der Waals surface area contributed by atoms with Gasteiger partial charge in [-0.3, -0.25) is 0 Å². The highest BCUT2D eigenvalue weighted by molar-refractivity contribution is 8.01. The molecule has 1 heterocycles. The van der Waals surface area contributed by atoms with Gasteiger partial charge < -0.3 is 15.6 Å². The number of thioether (sulfide) groups is 1. The average Bonchev–Trinajstić information content (AvgIpc) is 2.89. The van der Waals surface area contributed by atoms with Crippen LogP contribution < -0.4 is 10.5 Å². The third-order valence-corrected chi connectivity index (χ3v) is 4.24. The molecule has 0 bridgehead atoms. The molecule has 4 nitrogen and oxygen atoms in total. The SMILES string of the molecule is Nc1ccc(OCC(O)CSc2nccs2)cc1. The molecule has 2 aromatic rings. The molecule has 0 aliphatic heterocycles. The van der Waals surface area contributed by atoms with Crippen molar-refractivity contribution in [2.45, 2.75) is 10.4 Å². The first kappa shape index (κ1) is 13.2. The van der Waals surface area contributed by atoms with Gasteiger partial charge in [0.2, 0.25) is 0 Å². The van der Waals surface area contributed by atoms with Crippen LogP contribution >= 0.6 is 23.1 Å². The number of nitrogens with two attached hydrogens (primary N) is 1. The highest BCUT2D eigenvalue weighted by atomic mass is 32.2. The molecule has 1 unspecified atom stereocenters. The van der Waals surface area contributed by atoms with E-state index in [1.54, 1.807) is 41.8 Å². The third kappa shape index (κ3) is 4.21. The van der Waals surface area contributed by atoms with E-state index in [9.17, 15) is 5.11 Å². The van der Waals surface area contributed by atoms with Crippen LogP contribution in [0.3, 0.4) is 0 Å². The molecular weight excluding hydrogens is 268 g/mol. The van der Waals surface area contributed by atoms with Crippen molar-refractivity contribution in [1.82, 2.24) is 4.98 Å². The topological polar surface area (TPSA) is 68.4 Å². The predicted molar refractivity (Wildman–Crippen MR) is 75.2 cm³/mol. The maximum atomic E-state index is 9.77. The van der Waals surface area contributed by atoms with Gasteiger partial charge in [0, 0.05) is 23.0 Å². The van der Waals surface area contributed by atoms with Gasteiger partial charge in [-0.15, -0.1) is 11.3 Å². The van der Waals surface area contributed by atoms with E-state index in [0.717, 1.165) is 4.34 Å². The second kappa shape index (κ2) is 6.63. The van der Waals surface area contributed by atoms with Crippen LogP contribution in [-0.4, -0.2) is 28.6 Å². The van der Waals surface area contributed by atoms with Crippen LogP contribution in [0.5, 0.6) is 5.75 Å². The van der Waals surface area contributed by atoms with Crippen LogP contribution in [0.15, 0.2) is 40.2 Å². The molecule has 96 valence electrons. The molecule has 0 aliphatic carbocycles. The van der Waals surface area contributed by atoms with E-state index in [2.05, 4.69) is 4.98 Å². The Morgan fingerprint density at radius 2 is 2.17 bits per heavy atom. The van der Waals surface area contributed by atoms with Gasteiger partial charge in [0.15, 0.2) is 0 Å². The molecule has 0 saturated heterocycles. The van der Waals surface area contributed by atoms with E-state index in [1.165, 1.54) is 11.8 Å². The van der Waals surface area contributed by atoms with Crippen molar-refractivity contribution in [3.63, 3.8) is 0 Å². The Labute approximate surface area is 114 Å². The maximum Gasteiger partial charge on any atom is 0.149 e. The van der Waals surface area contributed by atoms with Crippen LogP contribution in [0.2, 0.25) is 0 Å². The fourth-order valence-corrected chi connectivity index (χ4v) is 2.82. The average molecular weight is 282 g/mol. The van der Waals surface area contributed by atoms with Crippen molar-refractivity contribution >= 4 is 28.8 Å². The summed E-state index contributed by atoms with van der Waals surface area (Å²) in [5.41, 5.74) is 6.27. The summed E-state index contributed by atoms with van der Waals surface area (Å²) in [5, 5.41) is 11.7. The molecule has 0 aliphatic rings. The van der Waals surface area contributed by atoms with Crippen LogP contribution in [-0.2, 0) is 0 Å². The monoisotopic (exact) mass is 282 g/mol. The van der Waals surface area contributed by atoms with E-state index in [4.69, 9.17) is 10.5 Å². The predicted octanol–water partition coefficient (Wildman–Crippen LogP) is 2.26. The maximum absolute atomic E-state index is 9.77. The van der Waals surface area contributed by atoms with E-state index >= 15 is 0 Å². The molecule has 6 heteroatoms. The summed E-state index contributed by atoms with van der Waals surface area (Å²) in [6, 6.07) is 7.12. The smallest absolute Gasteiger partial charge is 0.149 e. The Bertz CT molecular complexity index is 459. The molecule has 1 atom stereocenters. The lowest BCUT2D eigenvalue weighted by Gasteiger charge is -2.11. The molecule has 2 rings (SSSR count). The lowest BCUT2D eigenvalue weighted by atomic mass is 10.3. The van der Waals surface area contributed by atoms with Crippen LogP contribution in [0.1, 0.15) is 0 Å². The molecule has 0 saturated carbocycles. The lowest BCUT2D eigenvalue weighted by Crippen LogP contribution is -2.19. The minimum absolute atomic E-state index is 0.266. The number of benzene rings is 1. The largest absolute Gasteiger partial charge is 0.491 e. The Balaban J connectivity index is 1.71. The summed E-state index contributed by atoms with van der Waals surface area (Å²) in [4.78, 5) is 4.13. The number of nitrogens with zero attached hydrogens (tertiary/aromatic N) is 1. The summed E-state index contributed by atoms with van der Waals surface area (Å²) in [6.45, 7) is 0.266. The summed E-state index contributed by atoms with van der Waals surface area (Å²) in [5.74, 6) is 1.28. The van der Waals surface area contributed by atoms with Gasteiger partial charge in [0.05, 0.1) is 6.10 Å². The number of hydrogen-bond acceptors (Lipinski definition) is 6. The van der Waals surface area contributed by atoms with Gasteiger partial charge in [-0.25, -0.2) is 4.98 Å². The Morgan fingerprint density at radius 3 is 2.83 bits per heavy atom. The number of nitrogen functional groups attached to an aromatic ring is 1. The van der Waals surface area contributed by atoms with Crippen LogP contribution in [0.25, 0.3) is 0 Å². The lowest BCUT2D eigenvalue weighted by molar-refractivity contribution is 0.126. The highest BCUT2D eigenvalue weighted by Crippen LogP contribution is 2.21. The molecule has 1 aromatic heterocycles. The number of aromatic nitrogens is 1. The Kier molecular flexibility index (Phi) is 4.86. The number of hydrogen-bond donors (Lipinski definition) is 2. The number of ether oxygens (including phenoxy) is 1. The normalized spacial score (nSPS) is 12.3. The van der Waals surface area contributed by atoms with Crippen molar-refractivity contribution in [1.29, 1.82) is 0 Å². The van der Waals surface area contributed by atoms with Crippen LogP contribution in [0, 0.1) is 0 Å². The zero-order chi connectivity index (χ0) is 12.8. The molecule has 0 spiro atoms. The van der Waals surface area contributed by atoms with Gasteiger partial charge >= 0.3 is 0 Å². The summed E-state index contributed by atoms with van der Waals surface area (Å²) in [7, 11) is 0. The second-order valence-corrected chi connectivity index (χ2v) is 5.80. The minimum Gasteiger partial charge on any atom is -0.491 e. The molecule has 3 N–H and O–H groups in total. The molecule has 18 heavy (non-hydrogen) atoms. The fourth-order valence-electron chi connectivity index (χ4n) is 1.25. The van der Waals surface area contributed by atoms with E-state index in [1.807, 2.05) is 5.38 Å². The number of anilines is 1. The summed E-state index contributed by atoms with van der Waals surface area (Å²) < 4.78 is 6.42. The first-order chi connectivity index (χ1) is 8.74. The second-order valence-electron chi connectivity index (χ2n) is 3.64. The van der Waals surface area contributed by atoms with Gasteiger partial charge in [0.25, 0.3) is 0 Å². The van der Waals surface area contributed by atoms with E-state index < -0.39 is 6.10 Å². The van der Waals surface area contributed by atoms with Gasteiger partial charge in [-0.05, 0) is 24.3 Å². The number of rotatable bonds is 6. The van der Waals surface area contributed by atoms with Crippen molar-refractivity contribution < 1.29 is 9.84 Å². The zero-order valence-corrected chi connectivity index (χ0v) is 11.3. The Hall–Kier alpha value is -1.24. The van der Waals surface area contributed by atoms with E-state index in [-0.39, 0.29) is 6.61 Å². The summed E-state index contributed by atoms with van der Waals surface area (Å²) in [6.07, 6.45) is 1.24. The number of thiazole rings is 1.